The Kier molecular flexibility index (Phi) is 2.66. The van der Waals surface area contributed by atoms with E-state index >= 15 is 0 Å². The Morgan fingerprint density at radius 1 is 1.26 bits per heavy atom. The van der Waals surface area contributed by atoms with Crippen molar-refractivity contribution in [2.24, 2.45) is 0 Å². The fourth-order valence-electron chi connectivity index (χ4n) is 1.93. The summed E-state index contributed by atoms with van der Waals surface area (Å²) >= 11 is 0. The van der Waals surface area contributed by atoms with E-state index in [1.54, 1.807) is 0 Å². The van der Waals surface area contributed by atoms with Crippen LogP contribution in [-0.2, 0) is 6.54 Å². The quantitative estimate of drug-likeness (QED) is 0.745. The average molecular weight is 258 g/mol. The van der Waals surface area contributed by atoms with Gasteiger partial charge < -0.3 is 9.84 Å². The zero-order chi connectivity index (χ0) is 13.4. The standard InChI is InChI=1S/C12H14N6O/c1-6-7(2)16-17-9(6)4-13-11-10-8(3)18-19-12(10)15-5-14-11/h5H,4H2,1-3H3,(H,16,17)(H,13,14,15). The number of aromatic nitrogens is 5. The molecule has 0 amide bonds. The molecule has 3 rings (SSSR count). The summed E-state index contributed by atoms with van der Waals surface area (Å²) in [6.45, 7) is 6.49. The van der Waals surface area contributed by atoms with Gasteiger partial charge >= 0.3 is 0 Å². The Balaban J connectivity index is 1.90. The van der Waals surface area contributed by atoms with Crippen LogP contribution in [0.4, 0.5) is 5.82 Å². The van der Waals surface area contributed by atoms with E-state index in [2.05, 4.69) is 30.6 Å². The highest BCUT2D eigenvalue weighted by atomic mass is 16.5. The van der Waals surface area contributed by atoms with Gasteiger partial charge in [0.1, 0.15) is 17.5 Å². The molecule has 7 nitrogen and oxygen atoms in total. The molecular weight excluding hydrogens is 244 g/mol. The van der Waals surface area contributed by atoms with Gasteiger partial charge in [0.25, 0.3) is 5.71 Å². The second kappa shape index (κ2) is 4.34. The third-order valence-corrected chi connectivity index (χ3v) is 3.22. The number of nitrogens with zero attached hydrogens (tertiary/aromatic N) is 4. The van der Waals surface area contributed by atoms with Crippen molar-refractivity contribution in [3.63, 3.8) is 0 Å². The minimum Gasteiger partial charge on any atom is -0.364 e. The molecule has 0 aliphatic heterocycles. The predicted octanol–water partition coefficient (Wildman–Crippen LogP) is 1.88. The summed E-state index contributed by atoms with van der Waals surface area (Å²) in [4.78, 5) is 8.27. The van der Waals surface area contributed by atoms with Crippen LogP contribution in [0.3, 0.4) is 0 Å². The monoisotopic (exact) mass is 258 g/mol. The zero-order valence-corrected chi connectivity index (χ0v) is 11.0. The van der Waals surface area contributed by atoms with Gasteiger partial charge in [-0.2, -0.15) is 10.1 Å². The van der Waals surface area contributed by atoms with E-state index in [-0.39, 0.29) is 0 Å². The first-order chi connectivity index (χ1) is 9.16. The van der Waals surface area contributed by atoms with Gasteiger partial charge in [-0.3, -0.25) is 5.10 Å². The van der Waals surface area contributed by atoms with Gasteiger partial charge in [0.05, 0.1) is 17.9 Å². The number of hydrogen-bond acceptors (Lipinski definition) is 6. The van der Waals surface area contributed by atoms with Gasteiger partial charge in [-0.25, -0.2) is 4.98 Å². The Bertz CT molecular complexity index is 729. The summed E-state index contributed by atoms with van der Waals surface area (Å²) in [7, 11) is 0. The van der Waals surface area contributed by atoms with E-state index in [4.69, 9.17) is 4.52 Å². The Labute approximate surface area is 109 Å². The Morgan fingerprint density at radius 3 is 2.84 bits per heavy atom. The molecule has 2 N–H and O–H groups in total. The lowest BCUT2D eigenvalue weighted by Gasteiger charge is -2.04. The topological polar surface area (TPSA) is 92.5 Å². The van der Waals surface area contributed by atoms with Gasteiger partial charge in [0.2, 0.25) is 0 Å². The van der Waals surface area contributed by atoms with E-state index in [1.807, 2.05) is 20.8 Å². The van der Waals surface area contributed by atoms with E-state index in [0.717, 1.165) is 28.0 Å². The fraction of sp³-hybridized carbons (Fsp3) is 0.333. The molecule has 0 radical (unpaired) electrons. The normalized spacial score (nSPS) is 11.1. The molecule has 0 saturated carbocycles. The van der Waals surface area contributed by atoms with Gasteiger partial charge in [-0.1, -0.05) is 5.16 Å². The second-order valence-electron chi connectivity index (χ2n) is 4.44. The van der Waals surface area contributed by atoms with Crippen LogP contribution >= 0.6 is 0 Å². The van der Waals surface area contributed by atoms with Crippen molar-refractivity contribution in [2.45, 2.75) is 27.3 Å². The van der Waals surface area contributed by atoms with E-state index in [1.165, 1.54) is 6.33 Å². The highest BCUT2D eigenvalue weighted by molar-refractivity contribution is 5.87. The van der Waals surface area contributed by atoms with Crippen molar-refractivity contribution < 1.29 is 4.52 Å². The van der Waals surface area contributed by atoms with Crippen LogP contribution in [-0.4, -0.2) is 25.3 Å². The fourth-order valence-corrected chi connectivity index (χ4v) is 1.93. The number of aromatic amines is 1. The minimum atomic E-state index is 0.491. The predicted molar refractivity (Wildman–Crippen MR) is 69.7 cm³/mol. The smallest absolute Gasteiger partial charge is 0.263 e. The van der Waals surface area contributed by atoms with Crippen LogP contribution in [0, 0.1) is 20.8 Å². The molecule has 3 heterocycles. The molecular formula is C12H14N6O. The van der Waals surface area contributed by atoms with Crippen molar-refractivity contribution >= 4 is 16.9 Å². The number of anilines is 1. The number of fused-ring (bicyclic) bond motifs is 1. The first-order valence-electron chi connectivity index (χ1n) is 5.98. The van der Waals surface area contributed by atoms with Crippen molar-refractivity contribution in [1.29, 1.82) is 0 Å². The maximum Gasteiger partial charge on any atom is 0.263 e. The molecule has 0 fully saturated rings. The van der Waals surface area contributed by atoms with Crippen molar-refractivity contribution in [1.82, 2.24) is 25.3 Å². The summed E-state index contributed by atoms with van der Waals surface area (Å²) in [5.41, 5.74) is 4.46. The van der Waals surface area contributed by atoms with Crippen LogP contribution in [0.15, 0.2) is 10.9 Å². The summed E-state index contributed by atoms with van der Waals surface area (Å²) < 4.78 is 5.11. The number of rotatable bonds is 3. The van der Waals surface area contributed by atoms with Crippen LogP contribution in [0.5, 0.6) is 0 Å². The van der Waals surface area contributed by atoms with Crippen LogP contribution in [0.1, 0.15) is 22.6 Å². The molecule has 0 aromatic carbocycles. The molecule has 0 aliphatic rings. The molecule has 3 aromatic heterocycles. The molecule has 7 heteroatoms. The molecule has 0 aliphatic carbocycles. The highest BCUT2D eigenvalue weighted by Gasteiger charge is 2.12. The Hall–Kier alpha value is -2.44. The van der Waals surface area contributed by atoms with Gasteiger partial charge in [-0.15, -0.1) is 0 Å². The van der Waals surface area contributed by atoms with Crippen LogP contribution in [0.25, 0.3) is 11.1 Å². The lowest BCUT2D eigenvalue weighted by Crippen LogP contribution is -2.04. The summed E-state index contributed by atoms with van der Waals surface area (Å²) in [5.74, 6) is 0.712. The van der Waals surface area contributed by atoms with Crippen LogP contribution < -0.4 is 5.32 Å². The molecule has 0 saturated heterocycles. The van der Waals surface area contributed by atoms with E-state index in [9.17, 15) is 0 Å². The summed E-state index contributed by atoms with van der Waals surface area (Å²) in [6.07, 6.45) is 1.46. The van der Waals surface area contributed by atoms with E-state index < -0.39 is 0 Å². The number of nitrogens with one attached hydrogen (secondary N) is 2. The molecule has 0 atom stereocenters. The zero-order valence-electron chi connectivity index (χ0n) is 11.0. The lowest BCUT2D eigenvalue weighted by molar-refractivity contribution is 0.442. The maximum atomic E-state index is 5.11. The first-order valence-corrected chi connectivity index (χ1v) is 5.98. The molecule has 0 unspecified atom stereocenters. The third kappa shape index (κ3) is 1.92. The van der Waals surface area contributed by atoms with Crippen LogP contribution in [0.2, 0.25) is 0 Å². The summed E-state index contributed by atoms with van der Waals surface area (Å²) in [5, 5.41) is 15.2. The summed E-state index contributed by atoms with van der Waals surface area (Å²) in [6, 6.07) is 0. The van der Waals surface area contributed by atoms with Gasteiger partial charge in [-0.05, 0) is 26.3 Å². The van der Waals surface area contributed by atoms with Gasteiger partial charge in [0, 0.05) is 5.69 Å². The number of H-pyrrole nitrogens is 1. The second-order valence-corrected chi connectivity index (χ2v) is 4.44. The molecule has 0 bridgehead atoms. The van der Waals surface area contributed by atoms with Crippen molar-refractivity contribution in [3.8, 4) is 0 Å². The van der Waals surface area contributed by atoms with Gasteiger partial charge in [0.15, 0.2) is 0 Å². The Morgan fingerprint density at radius 2 is 2.11 bits per heavy atom. The highest BCUT2D eigenvalue weighted by Crippen LogP contribution is 2.23. The van der Waals surface area contributed by atoms with Crippen molar-refractivity contribution in [3.05, 3.63) is 29.0 Å². The number of hydrogen-bond donors (Lipinski definition) is 2. The average Bonchev–Trinajstić information content (AvgIpc) is 2.94. The number of aryl methyl sites for hydroxylation is 2. The molecule has 0 spiro atoms. The largest absolute Gasteiger partial charge is 0.364 e. The lowest BCUT2D eigenvalue weighted by atomic mass is 10.2. The third-order valence-electron chi connectivity index (χ3n) is 3.22. The minimum absolute atomic E-state index is 0.491. The van der Waals surface area contributed by atoms with Crippen molar-refractivity contribution in [2.75, 3.05) is 5.32 Å². The molecule has 98 valence electrons. The first kappa shape index (κ1) is 11.6. The SMILES string of the molecule is Cc1[nH]nc(CNc2ncnc3onc(C)c23)c1C. The van der Waals surface area contributed by atoms with E-state index in [0.29, 0.717) is 18.1 Å². The molecule has 19 heavy (non-hydrogen) atoms. The maximum absolute atomic E-state index is 5.11. The molecule has 3 aromatic rings.